The molecule has 1 aromatic heterocycles. The number of nitrogens with one attached hydrogen (secondary N) is 2. The van der Waals surface area contributed by atoms with E-state index in [0.717, 1.165) is 15.9 Å². The number of carbonyl (C=O) groups excluding carboxylic acids is 2. The first kappa shape index (κ1) is 21.5. The number of ketones is 1. The van der Waals surface area contributed by atoms with Crippen LogP contribution in [0.1, 0.15) is 45.1 Å². The quantitative estimate of drug-likeness (QED) is 0.527. The maximum atomic E-state index is 14.2. The number of aromatic nitrogens is 1. The second kappa shape index (κ2) is 7.92. The second-order valence-corrected chi connectivity index (χ2v) is 10.5. The van der Waals surface area contributed by atoms with Crippen LogP contribution in [0.15, 0.2) is 71.1 Å². The van der Waals surface area contributed by atoms with Crippen LogP contribution in [0, 0.1) is 11.2 Å². The summed E-state index contributed by atoms with van der Waals surface area (Å²) in [6, 6.07) is 13.8. The summed E-state index contributed by atoms with van der Waals surface area (Å²) in [5, 5.41) is 6.73. The number of fused-ring (bicyclic) bond motifs is 1. The van der Waals surface area contributed by atoms with E-state index in [9.17, 15) is 14.0 Å². The lowest BCUT2D eigenvalue weighted by Gasteiger charge is -2.39. The minimum Gasteiger partial charge on any atom is -0.362 e. The zero-order chi connectivity index (χ0) is 23.3. The van der Waals surface area contributed by atoms with Gasteiger partial charge in [0.05, 0.1) is 10.2 Å². The van der Waals surface area contributed by atoms with Crippen LogP contribution < -0.4 is 10.6 Å². The number of dihydropyridines is 1. The van der Waals surface area contributed by atoms with Crippen LogP contribution in [0.2, 0.25) is 0 Å². The molecular formula is C26H24FN3O2S. The van der Waals surface area contributed by atoms with Gasteiger partial charge in [0.1, 0.15) is 5.82 Å². The first-order valence-electron chi connectivity index (χ1n) is 10.9. The average Bonchev–Trinajstić information content (AvgIpc) is 3.13. The van der Waals surface area contributed by atoms with Crippen LogP contribution in [0.5, 0.6) is 0 Å². The van der Waals surface area contributed by atoms with Crippen molar-refractivity contribution in [1.82, 2.24) is 10.3 Å². The standard InChI is InChI=1S/C26H24FN3O2S/c1-14-21(24(32)30-25-29-17-9-4-5-10-20(17)33-25)22(15-7-6-8-16(27)11-15)23-18(28-14)12-26(2,3)13-19(23)31/h4-11,22,28H,12-13H2,1-3H3,(H,29,30,32)/t22-/m0/s1. The fourth-order valence-electron chi connectivity index (χ4n) is 4.85. The normalized spacial score (nSPS) is 20.0. The maximum absolute atomic E-state index is 14.2. The lowest BCUT2D eigenvalue weighted by molar-refractivity contribution is -0.118. The molecule has 0 saturated heterocycles. The molecule has 0 fully saturated rings. The Balaban J connectivity index is 1.58. The number of allylic oxidation sites excluding steroid dienone is 3. The lowest BCUT2D eigenvalue weighted by atomic mass is 9.68. The Kier molecular flexibility index (Phi) is 5.16. The fourth-order valence-corrected chi connectivity index (χ4v) is 5.71. The van der Waals surface area contributed by atoms with Crippen LogP contribution in [0.25, 0.3) is 10.2 Å². The van der Waals surface area contributed by atoms with E-state index in [1.807, 2.05) is 31.2 Å². The highest BCUT2D eigenvalue weighted by molar-refractivity contribution is 7.22. The summed E-state index contributed by atoms with van der Waals surface area (Å²) in [5.74, 6) is -1.41. The maximum Gasteiger partial charge on any atom is 0.256 e. The van der Waals surface area contributed by atoms with Crippen LogP contribution in [0.3, 0.4) is 0 Å². The van der Waals surface area contributed by atoms with Gasteiger partial charge in [-0.2, -0.15) is 0 Å². The molecule has 5 rings (SSSR count). The number of amides is 1. The molecule has 168 valence electrons. The number of halogens is 1. The van der Waals surface area contributed by atoms with Gasteiger partial charge in [0.2, 0.25) is 0 Å². The van der Waals surface area contributed by atoms with Crippen molar-refractivity contribution in [1.29, 1.82) is 0 Å². The molecule has 1 amide bonds. The van der Waals surface area contributed by atoms with Gasteiger partial charge in [-0.3, -0.25) is 14.9 Å². The van der Waals surface area contributed by atoms with Gasteiger partial charge >= 0.3 is 0 Å². The van der Waals surface area contributed by atoms with Gasteiger partial charge < -0.3 is 5.32 Å². The van der Waals surface area contributed by atoms with Crippen LogP contribution in [-0.4, -0.2) is 16.7 Å². The third-order valence-electron chi connectivity index (χ3n) is 6.18. The number of nitrogens with zero attached hydrogens (tertiary/aromatic N) is 1. The minimum absolute atomic E-state index is 0.0131. The number of hydrogen-bond donors (Lipinski definition) is 2. The molecular weight excluding hydrogens is 437 g/mol. The molecule has 1 aliphatic heterocycles. The molecule has 0 saturated carbocycles. The van der Waals surface area contributed by atoms with E-state index in [2.05, 4.69) is 29.5 Å². The van der Waals surface area contributed by atoms with Crippen molar-refractivity contribution in [3.8, 4) is 0 Å². The summed E-state index contributed by atoms with van der Waals surface area (Å²) >= 11 is 1.39. The molecule has 3 aromatic rings. The molecule has 7 heteroatoms. The summed E-state index contributed by atoms with van der Waals surface area (Å²) in [6.45, 7) is 5.94. The third kappa shape index (κ3) is 3.97. The molecule has 1 atom stereocenters. The van der Waals surface area contributed by atoms with E-state index in [-0.39, 0.29) is 17.1 Å². The van der Waals surface area contributed by atoms with Gasteiger partial charge in [0, 0.05) is 34.9 Å². The van der Waals surface area contributed by atoms with E-state index in [1.165, 1.54) is 23.5 Å². The predicted molar refractivity (Wildman–Crippen MR) is 128 cm³/mol. The molecule has 0 unspecified atom stereocenters. The Morgan fingerprint density at radius 3 is 2.73 bits per heavy atom. The largest absolute Gasteiger partial charge is 0.362 e. The molecule has 2 aromatic carbocycles. The van der Waals surface area contributed by atoms with Gasteiger partial charge in [0.25, 0.3) is 5.91 Å². The number of Topliss-reactive ketones (excluding diaryl/α,β-unsaturated/α-hetero) is 1. The minimum atomic E-state index is -0.644. The first-order valence-corrected chi connectivity index (χ1v) is 11.7. The van der Waals surface area contributed by atoms with Crippen molar-refractivity contribution in [2.75, 3.05) is 5.32 Å². The van der Waals surface area contributed by atoms with Crippen molar-refractivity contribution in [3.63, 3.8) is 0 Å². The molecule has 33 heavy (non-hydrogen) atoms. The van der Waals surface area contributed by atoms with Gasteiger partial charge in [0.15, 0.2) is 10.9 Å². The van der Waals surface area contributed by atoms with Gasteiger partial charge in [-0.25, -0.2) is 9.37 Å². The number of para-hydroxylation sites is 1. The Bertz CT molecular complexity index is 1340. The number of carbonyl (C=O) groups is 2. The SMILES string of the molecule is CC1=C(C(=O)Nc2nc3ccccc3s2)[C@H](c2cccc(F)c2)C2=C(CC(C)(C)CC2=O)N1. The monoisotopic (exact) mass is 461 g/mol. The van der Waals surface area contributed by atoms with Crippen molar-refractivity contribution < 1.29 is 14.0 Å². The predicted octanol–water partition coefficient (Wildman–Crippen LogP) is 5.68. The Hall–Kier alpha value is -3.32. The van der Waals surface area contributed by atoms with Crippen molar-refractivity contribution in [2.45, 2.75) is 39.5 Å². The van der Waals surface area contributed by atoms with Crippen LogP contribution in [-0.2, 0) is 9.59 Å². The van der Waals surface area contributed by atoms with E-state index in [0.29, 0.717) is 40.4 Å². The Morgan fingerprint density at radius 1 is 1.18 bits per heavy atom. The van der Waals surface area contributed by atoms with E-state index < -0.39 is 11.7 Å². The number of rotatable bonds is 3. The number of benzene rings is 2. The highest BCUT2D eigenvalue weighted by atomic mass is 32.1. The molecule has 0 radical (unpaired) electrons. The smallest absolute Gasteiger partial charge is 0.256 e. The zero-order valence-electron chi connectivity index (χ0n) is 18.7. The van der Waals surface area contributed by atoms with E-state index in [1.54, 1.807) is 12.1 Å². The summed E-state index contributed by atoms with van der Waals surface area (Å²) in [6.07, 6.45) is 1.06. The van der Waals surface area contributed by atoms with Crippen molar-refractivity contribution >= 4 is 38.4 Å². The molecule has 2 N–H and O–H groups in total. The Labute approximate surface area is 195 Å². The fraction of sp³-hybridized carbons (Fsp3) is 0.269. The highest BCUT2D eigenvalue weighted by Gasteiger charge is 2.42. The van der Waals surface area contributed by atoms with E-state index in [4.69, 9.17) is 0 Å². The molecule has 2 heterocycles. The lowest BCUT2D eigenvalue weighted by Crippen LogP contribution is -2.39. The first-order chi connectivity index (χ1) is 15.7. The van der Waals surface area contributed by atoms with Gasteiger partial charge in [-0.15, -0.1) is 0 Å². The molecule has 0 bridgehead atoms. The summed E-state index contributed by atoms with van der Waals surface area (Å²) in [4.78, 5) is 31.4. The second-order valence-electron chi connectivity index (χ2n) is 9.43. The summed E-state index contributed by atoms with van der Waals surface area (Å²) < 4.78 is 15.2. The van der Waals surface area contributed by atoms with Gasteiger partial charge in [-0.1, -0.05) is 49.4 Å². The third-order valence-corrected chi connectivity index (χ3v) is 7.13. The molecule has 2 aliphatic rings. The summed E-state index contributed by atoms with van der Waals surface area (Å²) in [7, 11) is 0. The molecule has 0 spiro atoms. The number of hydrogen-bond acceptors (Lipinski definition) is 5. The number of thiazole rings is 1. The molecule has 5 nitrogen and oxygen atoms in total. The van der Waals surface area contributed by atoms with E-state index >= 15 is 0 Å². The Morgan fingerprint density at radius 2 is 1.97 bits per heavy atom. The topological polar surface area (TPSA) is 71.1 Å². The van der Waals surface area contributed by atoms with Crippen LogP contribution in [0.4, 0.5) is 9.52 Å². The zero-order valence-corrected chi connectivity index (χ0v) is 19.5. The van der Waals surface area contributed by atoms with Gasteiger partial charge in [-0.05, 0) is 48.6 Å². The highest BCUT2D eigenvalue weighted by Crippen LogP contribution is 2.46. The van der Waals surface area contributed by atoms with Crippen molar-refractivity contribution in [2.24, 2.45) is 5.41 Å². The average molecular weight is 462 g/mol. The number of anilines is 1. The summed E-state index contributed by atoms with van der Waals surface area (Å²) in [5.41, 5.74) is 3.65. The van der Waals surface area contributed by atoms with Crippen LogP contribution >= 0.6 is 11.3 Å². The van der Waals surface area contributed by atoms with Crippen molar-refractivity contribution in [3.05, 3.63) is 82.5 Å². The molecule has 1 aliphatic carbocycles.